The van der Waals surface area contributed by atoms with Gasteiger partial charge < -0.3 is 0 Å². The lowest BCUT2D eigenvalue weighted by molar-refractivity contribution is 1.51. The van der Waals surface area contributed by atoms with E-state index >= 15 is 0 Å². The Labute approximate surface area is 66.5 Å². The average molecular weight is 141 g/mol. The molecule has 0 aliphatic carbocycles. The summed E-state index contributed by atoms with van der Waals surface area (Å²) >= 11 is 0. The molecule has 0 nitrogen and oxygen atoms in total. The Hall–Kier alpha value is -1.30. The zero-order chi connectivity index (χ0) is 7.68. The van der Waals surface area contributed by atoms with Crippen molar-refractivity contribution < 1.29 is 0 Å². The molecule has 0 heterocycles. The molecule has 0 spiro atoms. The van der Waals surface area contributed by atoms with Gasteiger partial charge in [-0.3, -0.25) is 0 Å². The summed E-state index contributed by atoms with van der Waals surface area (Å²) in [4.78, 5) is 0. The fourth-order valence-corrected chi connectivity index (χ4v) is 1.31. The van der Waals surface area contributed by atoms with Crippen LogP contribution in [0.4, 0.5) is 0 Å². The van der Waals surface area contributed by atoms with Crippen LogP contribution in [-0.2, 0) is 0 Å². The molecule has 0 atom stereocenters. The monoisotopic (exact) mass is 141 g/mol. The molecule has 0 heteroatoms. The van der Waals surface area contributed by atoms with Crippen molar-refractivity contribution in [3.8, 4) is 0 Å². The average Bonchev–Trinajstić information content (AvgIpc) is 2.04. The molecular weight excluding hydrogens is 131 g/mol. The van der Waals surface area contributed by atoms with Crippen molar-refractivity contribution in [3.63, 3.8) is 0 Å². The van der Waals surface area contributed by atoms with Crippen molar-refractivity contribution in [2.45, 2.75) is 6.92 Å². The molecule has 2 rings (SSSR count). The van der Waals surface area contributed by atoms with Gasteiger partial charge in [-0.15, -0.1) is 0 Å². The SMILES string of the molecule is [11CH3]c1ccc2ccccc2c1. The summed E-state index contributed by atoms with van der Waals surface area (Å²) in [6.07, 6.45) is 0. The summed E-state index contributed by atoms with van der Waals surface area (Å²) in [5.74, 6) is 0. The first-order chi connectivity index (χ1) is 5.36. The molecule has 2 aromatic carbocycles. The van der Waals surface area contributed by atoms with Gasteiger partial charge in [0.2, 0.25) is 0 Å². The minimum Gasteiger partial charge on any atom is -0.0616 e. The highest BCUT2D eigenvalue weighted by Crippen LogP contribution is 2.14. The predicted molar refractivity (Wildman–Crippen MR) is 48.7 cm³/mol. The van der Waals surface area contributed by atoms with Crippen LogP contribution in [0.1, 0.15) is 5.56 Å². The molecule has 54 valence electrons. The van der Waals surface area contributed by atoms with E-state index in [-0.39, 0.29) is 0 Å². The second-order valence-electron chi connectivity index (χ2n) is 2.85. The second-order valence-corrected chi connectivity index (χ2v) is 2.85. The lowest BCUT2D eigenvalue weighted by atomic mass is 9.99. The number of benzene rings is 2. The van der Waals surface area contributed by atoms with Crippen LogP contribution in [0, 0.1) is 6.92 Å². The molecule has 0 bridgehead atoms. The van der Waals surface area contributed by atoms with E-state index in [0.717, 1.165) is 0 Å². The molecule has 0 saturated heterocycles. The summed E-state index contributed by atoms with van der Waals surface area (Å²) in [6.45, 7) is 2.12. The summed E-state index contributed by atoms with van der Waals surface area (Å²) < 4.78 is 0. The Morgan fingerprint density at radius 1 is 0.818 bits per heavy atom. The highest BCUT2D eigenvalue weighted by molar-refractivity contribution is 5.82. The zero-order valence-electron chi connectivity index (χ0n) is 6.54. The first-order valence-corrected chi connectivity index (χ1v) is 3.82. The van der Waals surface area contributed by atoms with E-state index in [9.17, 15) is 0 Å². The molecule has 0 fully saturated rings. The van der Waals surface area contributed by atoms with Crippen molar-refractivity contribution in [1.82, 2.24) is 0 Å². The lowest BCUT2D eigenvalue weighted by Crippen LogP contribution is -1.73. The number of fused-ring (bicyclic) bond motifs is 1. The first-order valence-electron chi connectivity index (χ1n) is 3.82. The van der Waals surface area contributed by atoms with E-state index in [4.69, 9.17) is 0 Å². The third-order valence-electron chi connectivity index (χ3n) is 1.90. The van der Waals surface area contributed by atoms with Crippen LogP contribution in [0.3, 0.4) is 0 Å². The van der Waals surface area contributed by atoms with Crippen molar-refractivity contribution in [3.05, 3.63) is 48.0 Å². The maximum atomic E-state index is 2.20. The summed E-state index contributed by atoms with van der Waals surface area (Å²) in [6, 6.07) is 14.9. The van der Waals surface area contributed by atoms with Crippen LogP contribution in [-0.4, -0.2) is 0 Å². The van der Waals surface area contributed by atoms with Gasteiger partial charge in [0, 0.05) is 0 Å². The van der Waals surface area contributed by atoms with Gasteiger partial charge in [-0.25, -0.2) is 0 Å². The molecule has 0 radical (unpaired) electrons. The van der Waals surface area contributed by atoms with Gasteiger partial charge in [0.1, 0.15) is 0 Å². The number of rotatable bonds is 0. The molecule has 0 N–H and O–H groups in total. The number of hydrogen-bond acceptors (Lipinski definition) is 0. The van der Waals surface area contributed by atoms with Crippen LogP contribution < -0.4 is 0 Å². The second kappa shape index (κ2) is 2.39. The summed E-state index contributed by atoms with van der Waals surface area (Å²) in [7, 11) is 0. The molecular formula is C11H10. The Morgan fingerprint density at radius 3 is 2.36 bits per heavy atom. The van der Waals surface area contributed by atoms with Gasteiger partial charge in [-0.2, -0.15) is 0 Å². The Morgan fingerprint density at radius 2 is 1.55 bits per heavy atom. The molecule has 2 aromatic rings. The van der Waals surface area contributed by atoms with Gasteiger partial charge >= 0.3 is 0 Å². The molecule has 0 amide bonds. The topological polar surface area (TPSA) is 0 Å². The van der Waals surface area contributed by atoms with E-state index in [1.165, 1.54) is 16.3 Å². The van der Waals surface area contributed by atoms with E-state index in [1.54, 1.807) is 0 Å². The van der Waals surface area contributed by atoms with Crippen LogP contribution in [0.25, 0.3) is 10.8 Å². The molecule has 0 unspecified atom stereocenters. The maximum Gasteiger partial charge on any atom is -0.0181 e. The first kappa shape index (κ1) is 6.41. The minimum absolute atomic E-state index is 1.32. The van der Waals surface area contributed by atoms with Gasteiger partial charge in [-0.1, -0.05) is 48.0 Å². The molecule has 11 heavy (non-hydrogen) atoms. The van der Waals surface area contributed by atoms with Gasteiger partial charge in [0.05, 0.1) is 0 Å². The fraction of sp³-hybridized carbons (Fsp3) is 0.0909. The van der Waals surface area contributed by atoms with E-state index in [0.29, 0.717) is 0 Å². The van der Waals surface area contributed by atoms with Crippen LogP contribution in [0.2, 0.25) is 0 Å². The minimum atomic E-state index is 1.32. The standard InChI is InChI=1S/C11H10/c1-9-6-7-10-4-2-3-5-11(10)8-9/h2-8H,1H3/i1-1. The number of hydrogen-bond donors (Lipinski definition) is 0. The molecule has 0 aliphatic heterocycles. The van der Waals surface area contributed by atoms with Gasteiger partial charge in [0.25, 0.3) is 0 Å². The predicted octanol–water partition coefficient (Wildman–Crippen LogP) is 3.15. The molecule has 0 aromatic heterocycles. The largest absolute Gasteiger partial charge is 0.0616 e. The smallest absolute Gasteiger partial charge is 0.0181 e. The van der Waals surface area contributed by atoms with E-state index in [1.807, 2.05) is 0 Å². The van der Waals surface area contributed by atoms with Gasteiger partial charge in [-0.05, 0) is 17.7 Å². The Kier molecular flexibility index (Phi) is 1.39. The highest BCUT2D eigenvalue weighted by Gasteiger charge is 1.89. The van der Waals surface area contributed by atoms with Crippen LogP contribution in [0.15, 0.2) is 42.5 Å². The summed E-state index contributed by atoms with van der Waals surface area (Å²) in [5.41, 5.74) is 1.32. The molecule has 0 saturated carbocycles. The highest BCUT2D eigenvalue weighted by atomic mass is 13.9. The van der Waals surface area contributed by atoms with E-state index < -0.39 is 0 Å². The normalized spacial score (nSPS) is 10.3. The quantitative estimate of drug-likeness (QED) is 0.528. The fourth-order valence-electron chi connectivity index (χ4n) is 1.31. The zero-order valence-corrected chi connectivity index (χ0v) is 6.54. The lowest BCUT2D eigenvalue weighted by Gasteiger charge is -1.96. The van der Waals surface area contributed by atoms with E-state index in [2.05, 4.69) is 49.4 Å². The van der Waals surface area contributed by atoms with Crippen molar-refractivity contribution in [1.29, 1.82) is 0 Å². The van der Waals surface area contributed by atoms with Crippen LogP contribution in [0.5, 0.6) is 0 Å². The third kappa shape index (κ3) is 1.12. The maximum absolute atomic E-state index is 2.20. The third-order valence-corrected chi connectivity index (χ3v) is 1.90. The van der Waals surface area contributed by atoms with Gasteiger partial charge in [0.15, 0.2) is 0 Å². The van der Waals surface area contributed by atoms with Crippen molar-refractivity contribution in [2.24, 2.45) is 0 Å². The molecule has 0 aliphatic rings. The summed E-state index contributed by atoms with van der Waals surface area (Å²) in [5, 5.41) is 2.64. The van der Waals surface area contributed by atoms with Crippen molar-refractivity contribution >= 4 is 10.8 Å². The number of aryl methyl sites for hydroxylation is 1. The van der Waals surface area contributed by atoms with Crippen LogP contribution >= 0.6 is 0 Å². The van der Waals surface area contributed by atoms with Crippen molar-refractivity contribution in [2.75, 3.05) is 0 Å². The Bertz CT molecular complexity index is 374. The Balaban J connectivity index is 2.83.